The molecule has 2 aliphatic heterocycles. The van der Waals surface area contributed by atoms with E-state index in [1.54, 1.807) is 18.2 Å². The standard InChI is InChI=1S/C23H32N4O8/c24-12-17(28)14-35-10-9-34-8-7-33-6-5-21(30)25-16-1-2-18-15(11-16)13-27(23(18)32)19-3-4-20(29)26-22(19)31/h1-2,11,17,19,28H,3-10,12-14,24H2,(H,25,30)(H,26,29,31). The number of piperidine rings is 1. The topological polar surface area (TPSA) is 170 Å². The van der Waals surface area contributed by atoms with Crippen molar-refractivity contribution in [3.63, 3.8) is 0 Å². The van der Waals surface area contributed by atoms with Crippen LogP contribution < -0.4 is 16.4 Å². The van der Waals surface area contributed by atoms with E-state index in [1.807, 2.05) is 0 Å². The van der Waals surface area contributed by atoms with E-state index in [4.69, 9.17) is 19.9 Å². The first-order chi connectivity index (χ1) is 16.9. The molecule has 2 unspecified atom stereocenters. The summed E-state index contributed by atoms with van der Waals surface area (Å²) in [5.41, 5.74) is 7.02. The van der Waals surface area contributed by atoms with Crippen LogP contribution in [-0.2, 0) is 35.1 Å². The van der Waals surface area contributed by atoms with Crippen molar-refractivity contribution >= 4 is 29.3 Å². The molecule has 0 aliphatic carbocycles. The third-order valence-electron chi connectivity index (χ3n) is 5.61. The Balaban J connectivity index is 1.33. The minimum absolute atomic E-state index is 0.150. The zero-order chi connectivity index (χ0) is 25.2. The van der Waals surface area contributed by atoms with Gasteiger partial charge in [-0.3, -0.25) is 24.5 Å². The summed E-state index contributed by atoms with van der Waals surface area (Å²) in [7, 11) is 0. The van der Waals surface area contributed by atoms with Crippen LogP contribution >= 0.6 is 0 Å². The highest BCUT2D eigenvalue weighted by molar-refractivity contribution is 6.05. The normalized spacial score (nSPS) is 18.4. The van der Waals surface area contributed by atoms with Crippen molar-refractivity contribution in [3.05, 3.63) is 29.3 Å². The number of aliphatic hydroxyl groups excluding tert-OH is 1. The SMILES string of the molecule is NCC(O)COCCOCCOCCC(=O)Nc1ccc2c(c1)CN(C1CCC(=O)NC1=O)C2=O. The van der Waals surface area contributed by atoms with Gasteiger partial charge < -0.3 is 35.3 Å². The molecular formula is C23H32N4O8. The summed E-state index contributed by atoms with van der Waals surface area (Å²) in [6, 6.07) is 4.32. The highest BCUT2D eigenvalue weighted by Gasteiger charge is 2.39. The van der Waals surface area contributed by atoms with Gasteiger partial charge in [0.2, 0.25) is 17.7 Å². The Morgan fingerprint density at radius 1 is 1.14 bits per heavy atom. The second kappa shape index (κ2) is 13.3. The summed E-state index contributed by atoms with van der Waals surface area (Å²) in [6.45, 7) is 2.18. The first-order valence-electron chi connectivity index (χ1n) is 11.6. The number of anilines is 1. The molecule has 2 atom stereocenters. The summed E-state index contributed by atoms with van der Waals surface area (Å²) in [6.07, 6.45) is -0.0263. The van der Waals surface area contributed by atoms with Crippen LogP contribution in [0.5, 0.6) is 0 Å². The Kier molecular flexibility index (Phi) is 10.1. The quantitative estimate of drug-likeness (QED) is 0.191. The van der Waals surface area contributed by atoms with Crippen molar-refractivity contribution in [2.45, 2.75) is 38.0 Å². The summed E-state index contributed by atoms with van der Waals surface area (Å²) in [5.74, 6) is -1.29. The van der Waals surface area contributed by atoms with Gasteiger partial charge in [-0.05, 0) is 30.2 Å². The number of amides is 4. The number of hydrogen-bond donors (Lipinski definition) is 4. The number of carbonyl (C=O) groups is 4. The number of hydrogen-bond acceptors (Lipinski definition) is 9. The molecule has 3 rings (SSSR count). The Bertz CT molecular complexity index is 925. The highest BCUT2D eigenvalue weighted by Crippen LogP contribution is 2.29. The van der Waals surface area contributed by atoms with Gasteiger partial charge in [0.15, 0.2) is 0 Å². The van der Waals surface area contributed by atoms with E-state index >= 15 is 0 Å². The van der Waals surface area contributed by atoms with Crippen LogP contribution in [0, 0.1) is 0 Å². The van der Waals surface area contributed by atoms with Gasteiger partial charge >= 0.3 is 0 Å². The lowest BCUT2D eigenvalue weighted by atomic mass is 10.0. The van der Waals surface area contributed by atoms with Crippen molar-refractivity contribution in [1.29, 1.82) is 0 Å². The Morgan fingerprint density at radius 3 is 2.57 bits per heavy atom. The van der Waals surface area contributed by atoms with Gasteiger partial charge in [-0.1, -0.05) is 0 Å². The van der Waals surface area contributed by atoms with E-state index in [-0.39, 0.29) is 56.9 Å². The fourth-order valence-electron chi connectivity index (χ4n) is 3.77. The number of imide groups is 1. The molecule has 4 amide bonds. The van der Waals surface area contributed by atoms with Crippen LogP contribution in [-0.4, -0.2) is 92.0 Å². The van der Waals surface area contributed by atoms with E-state index in [9.17, 15) is 24.3 Å². The number of fused-ring (bicyclic) bond motifs is 1. The van der Waals surface area contributed by atoms with Crippen LogP contribution in [0.1, 0.15) is 35.2 Å². The van der Waals surface area contributed by atoms with Crippen LogP contribution in [0.3, 0.4) is 0 Å². The number of benzene rings is 1. The van der Waals surface area contributed by atoms with E-state index in [0.717, 1.165) is 0 Å². The molecule has 192 valence electrons. The molecule has 1 saturated heterocycles. The summed E-state index contributed by atoms with van der Waals surface area (Å²) in [5, 5.41) is 14.3. The van der Waals surface area contributed by atoms with Gasteiger partial charge in [0.25, 0.3) is 5.91 Å². The highest BCUT2D eigenvalue weighted by atomic mass is 16.5. The first kappa shape index (κ1) is 26.7. The molecule has 12 heteroatoms. The summed E-state index contributed by atoms with van der Waals surface area (Å²) < 4.78 is 15.9. The third-order valence-corrected chi connectivity index (χ3v) is 5.61. The Morgan fingerprint density at radius 2 is 1.86 bits per heavy atom. The molecule has 0 radical (unpaired) electrons. The van der Waals surface area contributed by atoms with E-state index in [1.165, 1.54) is 4.90 Å². The van der Waals surface area contributed by atoms with E-state index < -0.39 is 18.1 Å². The van der Waals surface area contributed by atoms with Gasteiger partial charge in [0.1, 0.15) is 6.04 Å². The molecule has 35 heavy (non-hydrogen) atoms. The molecule has 5 N–H and O–H groups in total. The molecule has 2 heterocycles. The second-order valence-electron chi connectivity index (χ2n) is 8.26. The molecule has 0 aromatic heterocycles. The minimum atomic E-state index is -0.677. The van der Waals surface area contributed by atoms with Crippen LogP contribution in [0.15, 0.2) is 18.2 Å². The van der Waals surface area contributed by atoms with Crippen molar-refractivity contribution in [3.8, 4) is 0 Å². The fourth-order valence-corrected chi connectivity index (χ4v) is 3.77. The van der Waals surface area contributed by atoms with Crippen LogP contribution in [0.25, 0.3) is 0 Å². The van der Waals surface area contributed by atoms with Crippen molar-refractivity contribution in [2.75, 3.05) is 51.5 Å². The van der Waals surface area contributed by atoms with Crippen molar-refractivity contribution in [2.24, 2.45) is 5.73 Å². The molecule has 1 fully saturated rings. The van der Waals surface area contributed by atoms with E-state index in [2.05, 4.69) is 10.6 Å². The smallest absolute Gasteiger partial charge is 0.255 e. The van der Waals surface area contributed by atoms with Gasteiger partial charge in [0.05, 0.1) is 52.2 Å². The zero-order valence-electron chi connectivity index (χ0n) is 19.5. The predicted octanol–water partition coefficient (Wildman–Crippen LogP) is -0.854. The maximum absolute atomic E-state index is 12.7. The minimum Gasteiger partial charge on any atom is -0.389 e. The number of nitrogens with two attached hydrogens (primary N) is 1. The molecule has 12 nitrogen and oxygen atoms in total. The van der Waals surface area contributed by atoms with Crippen molar-refractivity contribution < 1.29 is 38.5 Å². The lowest BCUT2D eigenvalue weighted by Gasteiger charge is -2.29. The van der Waals surface area contributed by atoms with Crippen LogP contribution in [0.2, 0.25) is 0 Å². The van der Waals surface area contributed by atoms with E-state index in [0.29, 0.717) is 49.7 Å². The molecule has 2 aliphatic rings. The number of rotatable bonds is 14. The number of carbonyl (C=O) groups excluding carboxylic acids is 4. The van der Waals surface area contributed by atoms with Gasteiger partial charge in [-0.15, -0.1) is 0 Å². The third kappa shape index (κ3) is 7.80. The lowest BCUT2D eigenvalue weighted by Crippen LogP contribution is -2.52. The lowest BCUT2D eigenvalue weighted by molar-refractivity contribution is -0.137. The largest absolute Gasteiger partial charge is 0.389 e. The maximum Gasteiger partial charge on any atom is 0.255 e. The Hall–Kier alpha value is -2.90. The molecule has 1 aromatic rings. The molecular weight excluding hydrogens is 460 g/mol. The maximum atomic E-state index is 12.7. The summed E-state index contributed by atoms with van der Waals surface area (Å²) in [4.78, 5) is 49.9. The predicted molar refractivity (Wildman–Crippen MR) is 123 cm³/mol. The Labute approximate surface area is 203 Å². The van der Waals surface area contributed by atoms with Gasteiger partial charge in [-0.2, -0.15) is 0 Å². The van der Waals surface area contributed by atoms with Crippen molar-refractivity contribution in [1.82, 2.24) is 10.2 Å². The number of nitrogens with zero attached hydrogens (tertiary/aromatic N) is 1. The van der Waals surface area contributed by atoms with Crippen LogP contribution in [0.4, 0.5) is 5.69 Å². The fraction of sp³-hybridized carbons (Fsp3) is 0.565. The zero-order valence-corrected chi connectivity index (χ0v) is 19.5. The van der Waals surface area contributed by atoms with Gasteiger partial charge in [0, 0.05) is 30.8 Å². The average Bonchev–Trinajstić information content (AvgIpc) is 3.15. The average molecular weight is 493 g/mol. The monoisotopic (exact) mass is 492 g/mol. The molecule has 0 spiro atoms. The number of ether oxygens (including phenoxy) is 3. The molecule has 0 bridgehead atoms. The first-order valence-corrected chi connectivity index (χ1v) is 11.6. The molecule has 0 saturated carbocycles. The molecule has 1 aromatic carbocycles. The second-order valence-corrected chi connectivity index (χ2v) is 8.26. The number of nitrogens with one attached hydrogen (secondary N) is 2. The summed E-state index contributed by atoms with van der Waals surface area (Å²) >= 11 is 0. The van der Waals surface area contributed by atoms with Gasteiger partial charge in [-0.25, -0.2) is 0 Å². The number of aliphatic hydroxyl groups is 1.